The Hall–Kier alpha value is -3.22. The predicted molar refractivity (Wildman–Crippen MR) is 112 cm³/mol. The smallest absolute Gasteiger partial charge is 0.291 e. The van der Waals surface area contributed by atoms with E-state index in [0.717, 1.165) is 35.9 Å². The molecule has 3 aromatic rings. The summed E-state index contributed by atoms with van der Waals surface area (Å²) in [6.07, 6.45) is 4.41. The van der Waals surface area contributed by atoms with Crippen LogP contribution >= 0.6 is 0 Å². The Kier molecular flexibility index (Phi) is 5.29. The third-order valence-electron chi connectivity index (χ3n) is 5.09. The number of carbonyl (C=O) groups is 2. The van der Waals surface area contributed by atoms with Gasteiger partial charge in [0.1, 0.15) is 5.69 Å². The molecule has 0 spiro atoms. The van der Waals surface area contributed by atoms with E-state index in [1.807, 2.05) is 48.7 Å². The molecule has 0 atom stereocenters. The average molecular weight is 391 g/mol. The van der Waals surface area contributed by atoms with E-state index in [2.05, 4.69) is 20.6 Å². The molecule has 4 rings (SSSR count). The molecule has 1 aromatic carbocycles. The lowest BCUT2D eigenvalue weighted by Crippen LogP contribution is -2.29. The van der Waals surface area contributed by atoms with Gasteiger partial charge in [0, 0.05) is 24.7 Å². The number of hydrogen-bond donors (Lipinski definition) is 2. The summed E-state index contributed by atoms with van der Waals surface area (Å²) in [6, 6.07) is 9.47. The summed E-state index contributed by atoms with van der Waals surface area (Å²) in [6.45, 7) is 5.35. The SMILES string of the molecule is CC(C)CNC(=O)c1nc(C(=O)Nc2cccc3cccnc23)n2c1CCCC2. The molecule has 1 aliphatic heterocycles. The first-order valence-corrected chi connectivity index (χ1v) is 10.1. The summed E-state index contributed by atoms with van der Waals surface area (Å²) in [4.78, 5) is 34.6. The zero-order valence-electron chi connectivity index (χ0n) is 16.7. The van der Waals surface area contributed by atoms with Crippen molar-refractivity contribution >= 4 is 28.4 Å². The summed E-state index contributed by atoms with van der Waals surface area (Å²) in [5.74, 6) is 0.0887. The van der Waals surface area contributed by atoms with Crippen LogP contribution in [0.5, 0.6) is 0 Å². The molecule has 1 aliphatic rings. The van der Waals surface area contributed by atoms with E-state index in [4.69, 9.17) is 0 Å². The molecule has 0 unspecified atom stereocenters. The molecule has 7 nitrogen and oxygen atoms in total. The van der Waals surface area contributed by atoms with E-state index in [9.17, 15) is 9.59 Å². The lowest BCUT2D eigenvalue weighted by atomic mass is 10.1. The molecule has 0 aliphatic carbocycles. The minimum Gasteiger partial charge on any atom is -0.350 e. The minimum absolute atomic E-state index is 0.213. The summed E-state index contributed by atoms with van der Waals surface area (Å²) >= 11 is 0. The van der Waals surface area contributed by atoms with E-state index in [0.29, 0.717) is 30.4 Å². The topological polar surface area (TPSA) is 88.9 Å². The molecule has 7 heteroatoms. The van der Waals surface area contributed by atoms with Crippen LogP contribution in [0.2, 0.25) is 0 Å². The number of aromatic nitrogens is 3. The van der Waals surface area contributed by atoms with Crippen LogP contribution in [0, 0.1) is 5.92 Å². The van der Waals surface area contributed by atoms with Gasteiger partial charge in [-0.25, -0.2) is 4.98 Å². The van der Waals surface area contributed by atoms with Crippen molar-refractivity contribution in [3.05, 3.63) is 53.7 Å². The number of imidazole rings is 1. The van der Waals surface area contributed by atoms with Crippen molar-refractivity contribution in [2.24, 2.45) is 5.92 Å². The summed E-state index contributed by atoms with van der Waals surface area (Å²) in [5.41, 5.74) is 2.57. The van der Waals surface area contributed by atoms with Crippen LogP contribution in [-0.4, -0.2) is 32.9 Å². The van der Waals surface area contributed by atoms with Crippen LogP contribution in [0.1, 0.15) is 53.5 Å². The summed E-state index contributed by atoms with van der Waals surface area (Å²) in [7, 11) is 0. The number of anilines is 1. The zero-order chi connectivity index (χ0) is 20.4. The van der Waals surface area contributed by atoms with Gasteiger partial charge in [0.15, 0.2) is 5.82 Å². The summed E-state index contributed by atoms with van der Waals surface area (Å²) < 4.78 is 1.89. The molecule has 0 saturated carbocycles. The highest BCUT2D eigenvalue weighted by Crippen LogP contribution is 2.24. The number of carbonyl (C=O) groups excluding carboxylic acids is 2. The van der Waals surface area contributed by atoms with Crippen molar-refractivity contribution in [2.75, 3.05) is 11.9 Å². The van der Waals surface area contributed by atoms with Gasteiger partial charge in [-0.2, -0.15) is 0 Å². The first-order chi connectivity index (χ1) is 14.0. The van der Waals surface area contributed by atoms with Crippen LogP contribution in [0.4, 0.5) is 5.69 Å². The normalized spacial score (nSPS) is 13.3. The first-order valence-electron chi connectivity index (χ1n) is 10.1. The number of hydrogen-bond acceptors (Lipinski definition) is 4. The highest BCUT2D eigenvalue weighted by molar-refractivity contribution is 6.07. The molecular formula is C22H25N5O2. The van der Waals surface area contributed by atoms with Gasteiger partial charge in [-0.15, -0.1) is 0 Å². The monoisotopic (exact) mass is 391 g/mol. The highest BCUT2D eigenvalue weighted by Gasteiger charge is 2.27. The molecule has 3 heterocycles. The second-order valence-corrected chi connectivity index (χ2v) is 7.78. The zero-order valence-corrected chi connectivity index (χ0v) is 16.7. The standard InChI is InChI=1S/C22H25N5O2/c1-14(2)13-24-21(28)19-17-10-3-4-12-27(17)20(26-19)22(29)25-16-9-5-7-15-8-6-11-23-18(15)16/h5-9,11,14H,3-4,10,12-13H2,1-2H3,(H,24,28)(H,25,29). The van der Waals surface area contributed by atoms with Gasteiger partial charge in [0.2, 0.25) is 0 Å². The molecule has 0 radical (unpaired) electrons. The van der Waals surface area contributed by atoms with Gasteiger partial charge in [0.25, 0.3) is 11.8 Å². The van der Waals surface area contributed by atoms with Gasteiger partial charge in [0.05, 0.1) is 16.9 Å². The average Bonchev–Trinajstić information content (AvgIpc) is 3.12. The quantitative estimate of drug-likeness (QED) is 0.698. The Bertz CT molecular complexity index is 1060. The highest BCUT2D eigenvalue weighted by atomic mass is 16.2. The first kappa shape index (κ1) is 19.1. The Morgan fingerprint density at radius 1 is 1.14 bits per heavy atom. The van der Waals surface area contributed by atoms with E-state index >= 15 is 0 Å². The van der Waals surface area contributed by atoms with Crippen molar-refractivity contribution in [1.29, 1.82) is 0 Å². The maximum atomic E-state index is 13.1. The Morgan fingerprint density at radius 2 is 1.97 bits per heavy atom. The maximum Gasteiger partial charge on any atom is 0.291 e. The van der Waals surface area contributed by atoms with Gasteiger partial charge in [-0.05, 0) is 37.3 Å². The maximum absolute atomic E-state index is 13.1. The second kappa shape index (κ2) is 8.03. The molecule has 2 amide bonds. The van der Waals surface area contributed by atoms with E-state index < -0.39 is 0 Å². The molecule has 29 heavy (non-hydrogen) atoms. The lowest BCUT2D eigenvalue weighted by Gasteiger charge is -2.17. The summed E-state index contributed by atoms with van der Waals surface area (Å²) in [5, 5.41) is 6.80. The molecule has 2 aromatic heterocycles. The van der Waals surface area contributed by atoms with E-state index in [1.54, 1.807) is 6.20 Å². The molecule has 150 valence electrons. The number of fused-ring (bicyclic) bond motifs is 2. The molecule has 0 bridgehead atoms. The molecule has 0 fully saturated rings. The third-order valence-corrected chi connectivity index (χ3v) is 5.09. The minimum atomic E-state index is -0.325. The van der Waals surface area contributed by atoms with Crippen molar-refractivity contribution in [3.63, 3.8) is 0 Å². The molecule has 0 saturated heterocycles. The second-order valence-electron chi connectivity index (χ2n) is 7.78. The Morgan fingerprint density at radius 3 is 2.79 bits per heavy atom. The number of amides is 2. The van der Waals surface area contributed by atoms with Crippen LogP contribution in [0.15, 0.2) is 36.5 Å². The molecular weight excluding hydrogens is 366 g/mol. The Balaban J connectivity index is 1.65. The van der Waals surface area contributed by atoms with Gasteiger partial charge in [-0.1, -0.05) is 32.0 Å². The fourth-order valence-corrected chi connectivity index (χ4v) is 3.66. The number of rotatable bonds is 5. The van der Waals surface area contributed by atoms with Crippen LogP contribution in [0.3, 0.4) is 0 Å². The number of nitrogens with zero attached hydrogens (tertiary/aromatic N) is 3. The van der Waals surface area contributed by atoms with Crippen LogP contribution in [0.25, 0.3) is 10.9 Å². The number of benzene rings is 1. The fraction of sp³-hybridized carbons (Fsp3) is 0.364. The van der Waals surface area contributed by atoms with E-state index in [-0.39, 0.29) is 17.6 Å². The Labute approximate surface area is 169 Å². The van der Waals surface area contributed by atoms with E-state index in [1.165, 1.54) is 0 Å². The van der Waals surface area contributed by atoms with Gasteiger partial charge < -0.3 is 15.2 Å². The molecule has 2 N–H and O–H groups in total. The fourth-order valence-electron chi connectivity index (χ4n) is 3.66. The van der Waals surface area contributed by atoms with Gasteiger partial charge in [-0.3, -0.25) is 14.6 Å². The predicted octanol–water partition coefficient (Wildman–Crippen LogP) is 3.41. The van der Waals surface area contributed by atoms with Crippen molar-refractivity contribution in [1.82, 2.24) is 19.9 Å². The van der Waals surface area contributed by atoms with Crippen LogP contribution in [-0.2, 0) is 13.0 Å². The third kappa shape index (κ3) is 3.85. The number of nitrogens with one attached hydrogen (secondary N) is 2. The van der Waals surface area contributed by atoms with Gasteiger partial charge >= 0.3 is 0 Å². The van der Waals surface area contributed by atoms with Crippen molar-refractivity contribution in [2.45, 2.75) is 39.7 Å². The number of pyridine rings is 1. The largest absolute Gasteiger partial charge is 0.350 e. The lowest BCUT2D eigenvalue weighted by molar-refractivity contribution is 0.0943. The van der Waals surface area contributed by atoms with Crippen molar-refractivity contribution in [3.8, 4) is 0 Å². The number of para-hydroxylation sites is 1. The van der Waals surface area contributed by atoms with Crippen molar-refractivity contribution < 1.29 is 9.59 Å². The van der Waals surface area contributed by atoms with Crippen LogP contribution < -0.4 is 10.6 Å².